The van der Waals surface area contributed by atoms with E-state index in [1.165, 1.54) is 5.69 Å². The molecule has 112 valence electrons. The average molecular weight is 297 g/mol. The van der Waals surface area contributed by atoms with Crippen molar-refractivity contribution in [2.75, 3.05) is 32.1 Å². The highest BCUT2D eigenvalue weighted by Gasteiger charge is 2.31. The van der Waals surface area contributed by atoms with Gasteiger partial charge in [0.2, 0.25) is 0 Å². The van der Waals surface area contributed by atoms with Gasteiger partial charge in [0.25, 0.3) is 0 Å². The molecule has 0 radical (unpaired) electrons. The van der Waals surface area contributed by atoms with Crippen molar-refractivity contribution >= 4 is 17.3 Å². The normalized spacial score (nSPS) is 24.8. The number of rotatable bonds is 4. The zero-order valence-corrected chi connectivity index (χ0v) is 13.6. The number of nitrogens with one attached hydrogen (secondary N) is 1. The molecule has 2 atom stereocenters. The van der Waals surface area contributed by atoms with E-state index in [1.807, 2.05) is 7.05 Å². The molecule has 1 aromatic rings. The minimum atomic E-state index is -0.0539. The fourth-order valence-electron chi connectivity index (χ4n) is 2.81. The number of hydrogen-bond donors (Lipinski definition) is 1. The standard InChI is InChI=1S/C16H25ClN2O/c1-12(18-3)14-7-6-13(10-15(14)17)19-9-5-8-16(2,11-19)20-4/h6-7,10,12,18H,5,8-9,11H2,1-4H3. The Hall–Kier alpha value is -0.770. The van der Waals surface area contributed by atoms with Gasteiger partial charge in [-0.2, -0.15) is 0 Å². The highest BCUT2D eigenvalue weighted by molar-refractivity contribution is 6.31. The van der Waals surface area contributed by atoms with Crippen LogP contribution < -0.4 is 10.2 Å². The summed E-state index contributed by atoms with van der Waals surface area (Å²) in [4.78, 5) is 2.37. The minimum Gasteiger partial charge on any atom is -0.377 e. The van der Waals surface area contributed by atoms with Crippen LogP contribution in [0.15, 0.2) is 18.2 Å². The summed E-state index contributed by atoms with van der Waals surface area (Å²) in [6.45, 7) is 6.28. The molecule has 0 aliphatic carbocycles. The van der Waals surface area contributed by atoms with Crippen molar-refractivity contribution in [1.29, 1.82) is 0 Å². The Bertz CT molecular complexity index is 466. The summed E-state index contributed by atoms with van der Waals surface area (Å²) in [5.74, 6) is 0. The number of piperidine rings is 1. The first-order valence-electron chi connectivity index (χ1n) is 7.26. The highest BCUT2D eigenvalue weighted by Crippen LogP contribution is 2.32. The Morgan fingerprint density at radius 1 is 1.45 bits per heavy atom. The first-order valence-corrected chi connectivity index (χ1v) is 7.64. The van der Waals surface area contributed by atoms with Crippen molar-refractivity contribution in [3.05, 3.63) is 28.8 Å². The third-order valence-corrected chi connectivity index (χ3v) is 4.73. The number of methoxy groups -OCH3 is 1. The molecule has 1 aromatic carbocycles. The maximum atomic E-state index is 6.43. The molecule has 2 rings (SSSR count). The van der Waals surface area contributed by atoms with Gasteiger partial charge < -0.3 is 15.0 Å². The number of hydrogen-bond acceptors (Lipinski definition) is 3. The van der Waals surface area contributed by atoms with E-state index in [0.29, 0.717) is 0 Å². The second-order valence-corrected chi connectivity index (χ2v) is 6.30. The number of halogens is 1. The molecule has 0 spiro atoms. The van der Waals surface area contributed by atoms with Crippen LogP contribution in [0.2, 0.25) is 5.02 Å². The summed E-state index contributed by atoms with van der Waals surface area (Å²) in [5, 5.41) is 4.05. The van der Waals surface area contributed by atoms with Gasteiger partial charge in [-0.25, -0.2) is 0 Å². The van der Waals surface area contributed by atoms with Crippen LogP contribution in [-0.4, -0.2) is 32.8 Å². The summed E-state index contributed by atoms with van der Waals surface area (Å²) < 4.78 is 5.66. The second kappa shape index (κ2) is 6.33. The Labute approximate surface area is 127 Å². The number of nitrogens with zero attached hydrogens (tertiary/aromatic N) is 1. The molecule has 0 aromatic heterocycles. The van der Waals surface area contributed by atoms with E-state index in [0.717, 1.165) is 36.5 Å². The van der Waals surface area contributed by atoms with Crippen LogP contribution in [-0.2, 0) is 4.74 Å². The number of benzene rings is 1. The molecule has 1 saturated heterocycles. The summed E-state index contributed by atoms with van der Waals surface area (Å²) in [6.07, 6.45) is 2.26. The molecule has 1 N–H and O–H groups in total. The van der Waals surface area contributed by atoms with Crippen molar-refractivity contribution in [3.8, 4) is 0 Å². The van der Waals surface area contributed by atoms with Gasteiger partial charge in [-0.3, -0.25) is 0 Å². The molecule has 1 aliphatic heterocycles. The molecule has 0 amide bonds. The van der Waals surface area contributed by atoms with Gasteiger partial charge >= 0.3 is 0 Å². The molecule has 1 aliphatic rings. The smallest absolute Gasteiger partial charge is 0.0825 e. The maximum Gasteiger partial charge on any atom is 0.0825 e. The lowest BCUT2D eigenvalue weighted by molar-refractivity contribution is -0.00465. The summed E-state index contributed by atoms with van der Waals surface area (Å²) >= 11 is 6.43. The molecule has 20 heavy (non-hydrogen) atoms. The lowest BCUT2D eigenvalue weighted by atomic mass is 9.94. The van der Waals surface area contributed by atoms with E-state index in [1.54, 1.807) is 7.11 Å². The third-order valence-electron chi connectivity index (χ3n) is 4.40. The van der Waals surface area contributed by atoms with Gasteiger partial charge in [-0.1, -0.05) is 17.7 Å². The summed E-state index contributed by atoms with van der Waals surface area (Å²) in [7, 11) is 3.75. The predicted octanol–water partition coefficient (Wildman–Crippen LogP) is 3.63. The number of ether oxygens (including phenoxy) is 1. The van der Waals surface area contributed by atoms with Gasteiger partial charge in [0.05, 0.1) is 5.60 Å². The van der Waals surface area contributed by atoms with Crippen LogP contribution in [0, 0.1) is 0 Å². The number of anilines is 1. The first kappa shape index (κ1) is 15.6. The lowest BCUT2D eigenvalue weighted by Crippen LogP contribution is -2.47. The van der Waals surface area contributed by atoms with Crippen molar-refractivity contribution in [1.82, 2.24) is 5.32 Å². The highest BCUT2D eigenvalue weighted by atomic mass is 35.5. The maximum absolute atomic E-state index is 6.43. The van der Waals surface area contributed by atoms with Crippen LogP contribution in [0.4, 0.5) is 5.69 Å². The van der Waals surface area contributed by atoms with E-state index in [-0.39, 0.29) is 11.6 Å². The molecular formula is C16H25ClN2O. The summed E-state index contributed by atoms with van der Waals surface area (Å²) in [6, 6.07) is 6.63. The Kier molecular flexibility index (Phi) is 4.95. The van der Waals surface area contributed by atoms with Gasteiger partial charge in [-0.05, 0) is 51.4 Å². The van der Waals surface area contributed by atoms with Crippen LogP contribution in [0.3, 0.4) is 0 Å². The van der Waals surface area contributed by atoms with Gasteiger partial charge in [0.1, 0.15) is 0 Å². The topological polar surface area (TPSA) is 24.5 Å². The van der Waals surface area contributed by atoms with E-state index >= 15 is 0 Å². The lowest BCUT2D eigenvalue weighted by Gasteiger charge is -2.40. The molecule has 0 saturated carbocycles. The van der Waals surface area contributed by atoms with Crippen LogP contribution in [0.1, 0.15) is 38.3 Å². The summed E-state index contributed by atoms with van der Waals surface area (Å²) in [5.41, 5.74) is 2.27. The van der Waals surface area contributed by atoms with Crippen LogP contribution in [0.5, 0.6) is 0 Å². The van der Waals surface area contributed by atoms with Crippen molar-refractivity contribution in [3.63, 3.8) is 0 Å². The Balaban J connectivity index is 2.19. The quantitative estimate of drug-likeness (QED) is 0.918. The average Bonchev–Trinajstić information content (AvgIpc) is 2.46. The molecule has 3 nitrogen and oxygen atoms in total. The van der Waals surface area contributed by atoms with Crippen molar-refractivity contribution in [2.45, 2.75) is 38.3 Å². The predicted molar refractivity (Wildman–Crippen MR) is 85.8 cm³/mol. The third kappa shape index (κ3) is 3.27. The fraction of sp³-hybridized carbons (Fsp3) is 0.625. The van der Waals surface area contributed by atoms with Crippen LogP contribution in [0.25, 0.3) is 0 Å². The zero-order chi connectivity index (χ0) is 14.8. The molecule has 4 heteroatoms. The molecule has 0 bridgehead atoms. The van der Waals surface area contributed by atoms with E-state index < -0.39 is 0 Å². The molecule has 1 fully saturated rings. The van der Waals surface area contributed by atoms with E-state index in [4.69, 9.17) is 16.3 Å². The fourth-order valence-corrected chi connectivity index (χ4v) is 3.15. The Morgan fingerprint density at radius 2 is 2.20 bits per heavy atom. The van der Waals surface area contributed by atoms with Gasteiger partial charge in [-0.15, -0.1) is 0 Å². The second-order valence-electron chi connectivity index (χ2n) is 5.90. The minimum absolute atomic E-state index is 0.0539. The van der Waals surface area contributed by atoms with Crippen molar-refractivity contribution < 1.29 is 4.74 Å². The van der Waals surface area contributed by atoms with Crippen LogP contribution >= 0.6 is 11.6 Å². The largest absolute Gasteiger partial charge is 0.377 e. The van der Waals surface area contributed by atoms with Gasteiger partial charge in [0, 0.05) is 37.0 Å². The molecular weight excluding hydrogens is 272 g/mol. The van der Waals surface area contributed by atoms with E-state index in [9.17, 15) is 0 Å². The Morgan fingerprint density at radius 3 is 2.80 bits per heavy atom. The monoisotopic (exact) mass is 296 g/mol. The van der Waals surface area contributed by atoms with Crippen molar-refractivity contribution in [2.24, 2.45) is 0 Å². The zero-order valence-electron chi connectivity index (χ0n) is 12.9. The first-order chi connectivity index (χ1) is 9.49. The van der Waals surface area contributed by atoms with E-state index in [2.05, 4.69) is 42.3 Å². The molecule has 2 unspecified atom stereocenters. The molecule has 1 heterocycles. The SMILES string of the molecule is CNC(C)c1ccc(N2CCCC(C)(OC)C2)cc1Cl. The van der Waals surface area contributed by atoms with Gasteiger partial charge in [0.15, 0.2) is 0 Å².